The summed E-state index contributed by atoms with van der Waals surface area (Å²) in [7, 11) is 0. The molecule has 2 saturated heterocycles. The van der Waals surface area contributed by atoms with E-state index in [2.05, 4.69) is 4.90 Å². The molecule has 2 fully saturated rings. The van der Waals surface area contributed by atoms with Crippen LogP contribution in [0.1, 0.15) is 32.6 Å². The molecular weight excluding hydrogens is 204 g/mol. The lowest BCUT2D eigenvalue weighted by molar-refractivity contribution is -0.130. The Bertz CT molecular complexity index is 249. The minimum atomic E-state index is -0.139. The van der Waals surface area contributed by atoms with Gasteiger partial charge in [0.1, 0.15) is 0 Å². The Labute approximate surface area is 97.2 Å². The number of rotatable bonds is 1. The first-order valence-electron chi connectivity index (χ1n) is 6.34. The summed E-state index contributed by atoms with van der Waals surface area (Å²) in [4.78, 5) is 15.5. The van der Waals surface area contributed by atoms with Gasteiger partial charge < -0.3 is 10.0 Å². The van der Waals surface area contributed by atoms with Crippen LogP contribution >= 0.6 is 0 Å². The van der Waals surface area contributed by atoms with Gasteiger partial charge in [-0.25, -0.2) is 0 Å². The van der Waals surface area contributed by atoms with Crippen molar-refractivity contribution in [1.82, 2.24) is 9.80 Å². The van der Waals surface area contributed by atoms with E-state index >= 15 is 0 Å². The third kappa shape index (κ3) is 2.74. The second kappa shape index (κ2) is 5.15. The molecular formula is C12H22N2O2. The maximum absolute atomic E-state index is 11.2. The summed E-state index contributed by atoms with van der Waals surface area (Å²) in [6.45, 7) is 5.34. The van der Waals surface area contributed by atoms with E-state index in [9.17, 15) is 9.90 Å². The highest BCUT2D eigenvalue weighted by Gasteiger charge is 2.28. The highest BCUT2D eigenvalue weighted by molar-refractivity contribution is 5.73. The predicted molar refractivity (Wildman–Crippen MR) is 62.1 cm³/mol. The number of piperidine rings is 2. The SMILES string of the molecule is CC(=O)N1CCC(N2CCC[C@@H](O)C2)CC1. The first-order valence-corrected chi connectivity index (χ1v) is 6.34. The van der Waals surface area contributed by atoms with E-state index in [0.717, 1.165) is 51.9 Å². The molecule has 0 spiro atoms. The van der Waals surface area contributed by atoms with Crippen molar-refractivity contribution < 1.29 is 9.90 Å². The third-order valence-corrected chi connectivity index (χ3v) is 3.85. The summed E-state index contributed by atoms with van der Waals surface area (Å²) in [6.07, 6.45) is 4.04. The van der Waals surface area contributed by atoms with Gasteiger partial charge in [0, 0.05) is 32.6 Å². The van der Waals surface area contributed by atoms with Gasteiger partial charge in [-0.15, -0.1) is 0 Å². The van der Waals surface area contributed by atoms with Gasteiger partial charge in [-0.05, 0) is 32.2 Å². The van der Waals surface area contributed by atoms with E-state index in [1.807, 2.05) is 4.90 Å². The molecule has 2 heterocycles. The zero-order chi connectivity index (χ0) is 11.5. The molecule has 0 aromatic heterocycles. The molecule has 1 amide bonds. The number of carbonyl (C=O) groups is 1. The second-order valence-corrected chi connectivity index (χ2v) is 5.03. The van der Waals surface area contributed by atoms with Crippen molar-refractivity contribution in [3.8, 4) is 0 Å². The standard InChI is InChI=1S/C12H22N2O2/c1-10(15)13-7-4-11(5-8-13)14-6-2-3-12(16)9-14/h11-12,16H,2-9H2,1H3/t12-/m1/s1. The molecule has 92 valence electrons. The van der Waals surface area contributed by atoms with Crippen molar-refractivity contribution >= 4 is 5.91 Å². The number of β-amino-alcohol motifs (C(OH)–C–C–N with tert-alkyl or cyclic N) is 1. The van der Waals surface area contributed by atoms with Crippen LogP contribution in [0.15, 0.2) is 0 Å². The summed E-state index contributed by atoms with van der Waals surface area (Å²) >= 11 is 0. The lowest BCUT2D eigenvalue weighted by atomic mass is 9.99. The van der Waals surface area contributed by atoms with Gasteiger partial charge in [0.05, 0.1) is 6.10 Å². The third-order valence-electron chi connectivity index (χ3n) is 3.85. The Balaban J connectivity index is 1.81. The highest BCUT2D eigenvalue weighted by Crippen LogP contribution is 2.20. The number of amides is 1. The minimum Gasteiger partial charge on any atom is -0.392 e. The summed E-state index contributed by atoms with van der Waals surface area (Å²) < 4.78 is 0. The van der Waals surface area contributed by atoms with E-state index in [-0.39, 0.29) is 12.0 Å². The highest BCUT2D eigenvalue weighted by atomic mass is 16.3. The zero-order valence-corrected chi connectivity index (χ0v) is 10.1. The molecule has 4 heteroatoms. The Morgan fingerprint density at radius 2 is 1.88 bits per heavy atom. The average molecular weight is 226 g/mol. The molecule has 2 rings (SSSR count). The van der Waals surface area contributed by atoms with E-state index in [4.69, 9.17) is 0 Å². The summed E-state index contributed by atoms with van der Waals surface area (Å²) in [5, 5.41) is 9.64. The van der Waals surface area contributed by atoms with Crippen LogP contribution in [0, 0.1) is 0 Å². The van der Waals surface area contributed by atoms with Gasteiger partial charge >= 0.3 is 0 Å². The van der Waals surface area contributed by atoms with Crippen LogP contribution in [0.2, 0.25) is 0 Å². The normalized spacial score (nSPS) is 29.4. The maximum atomic E-state index is 11.2. The summed E-state index contributed by atoms with van der Waals surface area (Å²) in [6, 6.07) is 0.575. The van der Waals surface area contributed by atoms with Gasteiger partial charge in [0.15, 0.2) is 0 Å². The fourth-order valence-electron chi connectivity index (χ4n) is 2.86. The maximum Gasteiger partial charge on any atom is 0.219 e. The fraction of sp³-hybridized carbons (Fsp3) is 0.917. The quantitative estimate of drug-likeness (QED) is 0.706. The van der Waals surface area contributed by atoms with E-state index in [1.165, 1.54) is 0 Å². The molecule has 1 N–H and O–H groups in total. The number of hydrogen-bond donors (Lipinski definition) is 1. The second-order valence-electron chi connectivity index (χ2n) is 5.03. The zero-order valence-electron chi connectivity index (χ0n) is 10.1. The molecule has 0 unspecified atom stereocenters. The lowest BCUT2D eigenvalue weighted by Gasteiger charge is -2.41. The van der Waals surface area contributed by atoms with Crippen molar-refractivity contribution in [3.63, 3.8) is 0 Å². The van der Waals surface area contributed by atoms with E-state index in [1.54, 1.807) is 6.92 Å². The van der Waals surface area contributed by atoms with Gasteiger partial charge in [0.25, 0.3) is 0 Å². The molecule has 0 radical (unpaired) electrons. The molecule has 0 bridgehead atoms. The Morgan fingerprint density at radius 1 is 1.19 bits per heavy atom. The molecule has 0 saturated carbocycles. The molecule has 0 aliphatic carbocycles. The number of carbonyl (C=O) groups excluding carboxylic acids is 1. The first-order chi connectivity index (χ1) is 7.66. The predicted octanol–water partition coefficient (Wildman–Crippen LogP) is 0.454. The molecule has 16 heavy (non-hydrogen) atoms. The summed E-state index contributed by atoms with van der Waals surface area (Å²) in [5.41, 5.74) is 0. The van der Waals surface area contributed by atoms with Crippen molar-refractivity contribution in [2.75, 3.05) is 26.2 Å². The average Bonchev–Trinajstić information content (AvgIpc) is 2.29. The smallest absolute Gasteiger partial charge is 0.219 e. The van der Waals surface area contributed by atoms with Crippen molar-refractivity contribution in [3.05, 3.63) is 0 Å². The van der Waals surface area contributed by atoms with Crippen LogP contribution in [0.3, 0.4) is 0 Å². The first kappa shape index (κ1) is 11.9. The van der Waals surface area contributed by atoms with Gasteiger partial charge in [-0.3, -0.25) is 9.69 Å². The van der Waals surface area contributed by atoms with Gasteiger partial charge in [-0.1, -0.05) is 0 Å². The fourth-order valence-corrected chi connectivity index (χ4v) is 2.86. The largest absolute Gasteiger partial charge is 0.392 e. The number of hydrogen-bond acceptors (Lipinski definition) is 3. The Kier molecular flexibility index (Phi) is 3.82. The van der Waals surface area contributed by atoms with Crippen LogP contribution in [0.25, 0.3) is 0 Å². The topological polar surface area (TPSA) is 43.8 Å². The molecule has 4 nitrogen and oxygen atoms in total. The van der Waals surface area contributed by atoms with E-state index < -0.39 is 0 Å². The number of likely N-dealkylation sites (tertiary alicyclic amines) is 2. The van der Waals surface area contributed by atoms with Crippen molar-refractivity contribution in [2.24, 2.45) is 0 Å². The molecule has 0 aromatic rings. The monoisotopic (exact) mass is 226 g/mol. The van der Waals surface area contributed by atoms with Gasteiger partial charge in [-0.2, -0.15) is 0 Å². The molecule has 1 atom stereocenters. The van der Waals surface area contributed by atoms with E-state index in [0.29, 0.717) is 6.04 Å². The minimum absolute atomic E-state index is 0.139. The Hall–Kier alpha value is -0.610. The molecule has 0 aromatic carbocycles. The van der Waals surface area contributed by atoms with Crippen LogP contribution in [0.4, 0.5) is 0 Å². The molecule has 2 aliphatic heterocycles. The van der Waals surface area contributed by atoms with Crippen molar-refractivity contribution in [2.45, 2.75) is 44.8 Å². The van der Waals surface area contributed by atoms with Crippen LogP contribution in [0.5, 0.6) is 0 Å². The molecule has 2 aliphatic rings. The number of nitrogens with zero attached hydrogens (tertiary/aromatic N) is 2. The Morgan fingerprint density at radius 3 is 2.44 bits per heavy atom. The summed E-state index contributed by atoms with van der Waals surface area (Å²) in [5.74, 6) is 0.192. The lowest BCUT2D eigenvalue weighted by Crippen LogP contribution is -2.50. The number of aliphatic hydroxyl groups excluding tert-OH is 1. The van der Waals surface area contributed by atoms with Crippen LogP contribution in [-0.2, 0) is 4.79 Å². The van der Waals surface area contributed by atoms with Crippen LogP contribution in [-0.4, -0.2) is 59.1 Å². The van der Waals surface area contributed by atoms with Crippen LogP contribution < -0.4 is 0 Å². The van der Waals surface area contributed by atoms with Crippen molar-refractivity contribution in [1.29, 1.82) is 0 Å². The number of aliphatic hydroxyl groups is 1. The van der Waals surface area contributed by atoms with Gasteiger partial charge in [0.2, 0.25) is 5.91 Å².